The predicted molar refractivity (Wildman–Crippen MR) is 71.6 cm³/mol. The van der Waals surface area contributed by atoms with Gasteiger partial charge in [0, 0.05) is 12.6 Å². The second kappa shape index (κ2) is 5.09. The van der Waals surface area contributed by atoms with E-state index in [0.717, 1.165) is 5.56 Å². The molecule has 2 heterocycles. The van der Waals surface area contributed by atoms with Gasteiger partial charge in [0.2, 0.25) is 15.0 Å². The molecule has 8 nitrogen and oxygen atoms in total. The van der Waals surface area contributed by atoms with Crippen LogP contribution in [0.15, 0.2) is 46.3 Å². The first-order chi connectivity index (χ1) is 10.1. The average Bonchev–Trinajstić information content (AvgIpc) is 3.08. The van der Waals surface area contributed by atoms with Crippen LogP contribution < -0.4 is 0 Å². The quantitative estimate of drug-likeness (QED) is 0.703. The zero-order chi connectivity index (χ0) is 14.9. The summed E-state index contributed by atoms with van der Waals surface area (Å²) in [4.78, 5) is 7.82. The summed E-state index contributed by atoms with van der Waals surface area (Å²) in [7, 11) is -2.16. The van der Waals surface area contributed by atoms with Crippen LogP contribution in [0.1, 0.15) is 5.82 Å². The minimum absolute atomic E-state index is 0.0804. The summed E-state index contributed by atoms with van der Waals surface area (Å²) in [6.07, 6.45) is 1.18. The normalized spacial score (nSPS) is 11.7. The second-order valence-corrected chi connectivity index (χ2v) is 6.19. The molecule has 0 saturated heterocycles. The Kier molecular flexibility index (Phi) is 3.26. The van der Waals surface area contributed by atoms with Crippen molar-refractivity contribution in [2.75, 3.05) is 0 Å². The van der Waals surface area contributed by atoms with Crippen molar-refractivity contribution in [1.82, 2.24) is 24.9 Å². The van der Waals surface area contributed by atoms with E-state index in [-0.39, 0.29) is 16.9 Å². The molecule has 0 bridgehead atoms. The first kappa shape index (κ1) is 13.4. The Morgan fingerprint density at radius 1 is 1.24 bits per heavy atom. The average molecular weight is 305 g/mol. The third kappa shape index (κ3) is 2.68. The van der Waals surface area contributed by atoms with Crippen LogP contribution in [0.5, 0.6) is 0 Å². The Bertz CT molecular complexity index is 854. The van der Waals surface area contributed by atoms with Gasteiger partial charge in [-0.25, -0.2) is 18.1 Å². The Balaban J connectivity index is 1.87. The molecule has 1 aromatic carbocycles. The molecule has 0 spiro atoms. The SMILES string of the molecule is Cn1ncnc1S(=O)(=O)Cc1noc(-c2ccccc2)n1. The lowest BCUT2D eigenvalue weighted by Gasteiger charge is -1.99. The molecule has 0 aliphatic rings. The largest absolute Gasteiger partial charge is 0.334 e. The van der Waals surface area contributed by atoms with Gasteiger partial charge in [-0.2, -0.15) is 10.1 Å². The molecule has 0 atom stereocenters. The van der Waals surface area contributed by atoms with Gasteiger partial charge in [-0.1, -0.05) is 23.4 Å². The lowest BCUT2D eigenvalue weighted by molar-refractivity contribution is 0.424. The molecule has 3 aromatic rings. The molecule has 0 fully saturated rings. The van der Waals surface area contributed by atoms with Gasteiger partial charge in [-0.15, -0.1) is 0 Å². The van der Waals surface area contributed by atoms with Gasteiger partial charge in [0.05, 0.1) is 0 Å². The number of sulfone groups is 1. The molecule has 0 amide bonds. The molecule has 0 radical (unpaired) electrons. The Morgan fingerprint density at radius 3 is 2.67 bits per heavy atom. The summed E-state index contributed by atoms with van der Waals surface area (Å²) in [5.74, 6) is -0.0359. The van der Waals surface area contributed by atoms with Crippen molar-refractivity contribution in [3.8, 4) is 11.5 Å². The molecular weight excluding hydrogens is 294 g/mol. The summed E-state index contributed by atoms with van der Waals surface area (Å²) >= 11 is 0. The fraction of sp³-hybridized carbons (Fsp3) is 0.167. The lowest BCUT2D eigenvalue weighted by atomic mass is 10.2. The molecule has 9 heteroatoms. The number of hydrogen-bond acceptors (Lipinski definition) is 7. The molecule has 0 aliphatic carbocycles. The van der Waals surface area contributed by atoms with Crippen molar-refractivity contribution in [3.63, 3.8) is 0 Å². The van der Waals surface area contributed by atoms with E-state index in [1.54, 1.807) is 12.1 Å². The Morgan fingerprint density at radius 2 is 2.00 bits per heavy atom. The summed E-state index contributed by atoms with van der Waals surface area (Å²) in [6, 6.07) is 9.12. The maximum Gasteiger partial charge on any atom is 0.257 e. The number of aryl methyl sites for hydroxylation is 1. The van der Waals surface area contributed by atoms with Gasteiger partial charge in [-0.3, -0.25) is 0 Å². The molecule has 0 N–H and O–H groups in total. The van der Waals surface area contributed by atoms with Crippen molar-refractivity contribution >= 4 is 9.84 Å². The molecule has 2 aromatic heterocycles. The monoisotopic (exact) mass is 305 g/mol. The van der Waals surface area contributed by atoms with Crippen LogP contribution in [0.4, 0.5) is 0 Å². The lowest BCUT2D eigenvalue weighted by Crippen LogP contribution is -2.12. The first-order valence-corrected chi connectivity index (χ1v) is 7.66. The van der Waals surface area contributed by atoms with E-state index in [1.165, 1.54) is 18.1 Å². The fourth-order valence-electron chi connectivity index (χ4n) is 1.81. The summed E-state index contributed by atoms with van der Waals surface area (Å²) < 4.78 is 30.6. The Hall–Kier alpha value is -2.55. The highest BCUT2D eigenvalue weighted by Gasteiger charge is 2.24. The van der Waals surface area contributed by atoms with Crippen LogP contribution in [0, 0.1) is 0 Å². The number of hydrogen-bond donors (Lipinski definition) is 0. The number of benzene rings is 1. The Labute approximate surface area is 120 Å². The van der Waals surface area contributed by atoms with E-state index in [9.17, 15) is 8.42 Å². The van der Waals surface area contributed by atoms with E-state index in [0.29, 0.717) is 0 Å². The number of aromatic nitrogens is 5. The van der Waals surface area contributed by atoms with Crippen molar-refractivity contribution in [1.29, 1.82) is 0 Å². The summed E-state index contributed by atoms with van der Waals surface area (Å²) in [5, 5.41) is 7.30. The first-order valence-electron chi connectivity index (χ1n) is 6.01. The smallest absolute Gasteiger partial charge is 0.257 e. The fourth-order valence-corrected chi connectivity index (χ4v) is 3.06. The maximum absolute atomic E-state index is 12.2. The highest BCUT2D eigenvalue weighted by molar-refractivity contribution is 7.90. The second-order valence-electron chi connectivity index (χ2n) is 4.31. The van der Waals surface area contributed by atoms with Crippen molar-refractivity contribution in [2.24, 2.45) is 7.05 Å². The van der Waals surface area contributed by atoms with Gasteiger partial charge in [0.1, 0.15) is 12.1 Å². The van der Waals surface area contributed by atoms with Gasteiger partial charge in [-0.05, 0) is 12.1 Å². The number of nitrogens with zero attached hydrogens (tertiary/aromatic N) is 5. The van der Waals surface area contributed by atoms with Gasteiger partial charge < -0.3 is 4.52 Å². The van der Waals surface area contributed by atoms with Crippen LogP contribution in [-0.2, 0) is 22.6 Å². The van der Waals surface area contributed by atoms with Crippen LogP contribution in [0.3, 0.4) is 0 Å². The number of rotatable bonds is 4. The molecule has 0 saturated carbocycles. The van der Waals surface area contributed by atoms with Crippen LogP contribution in [0.2, 0.25) is 0 Å². The molecule has 108 valence electrons. The van der Waals surface area contributed by atoms with Crippen LogP contribution in [-0.4, -0.2) is 33.3 Å². The molecule has 0 aliphatic heterocycles. The van der Waals surface area contributed by atoms with E-state index in [2.05, 4.69) is 20.2 Å². The summed E-state index contributed by atoms with van der Waals surface area (Å²) in [6.45, 7) is 0. The predicted octanol–water partition coefficient (Wildman–Crippen LogP) is 0.839. The zero-order valence-electron chi connectivity index (χ0n) is 11.0. The van der Waals surface area contributed by atoms with E-state index >= 15 is 0 Å². The third-order valence-corrected chi connectivity index (χ3v) is 4.32. The molecular formula is C12H11N5O3S. The topological polar surface area (TPSA) is 104 Å². The van der Waals surface area contributed by atoms with Crippen molar-refractivity contribution < 1.29 is 12.9 Å². The van der Waals surface area contributed by atoms with Gasteiger partial charge >= 0.3 is 0 Å². The highest BCUT2D eigenvalue weighted by Crippen LogP contribution is 2.18. The van der Waals surface area contributed by atoms with Crippen molar-refractivity contribution in [2.45, 2.75) is 10.9 Å². The van der Waals surface area contributed by atoms with E-state index in [1.807, 2.05) is 18.2 Å². The minimum atomic E-state index is -3.67. The van der Waals surface area contributed by atoms with Crippen LogP contribution in [0.25, 0.3) is 11.5 Å². The molecule has 21 heavy (non-hydrogen) atoms. The van der Waals surface area contributed by atoms with E-state index in [4.69, 9.17) is 4.52 Å². The van der Waals surface area contributed by atoms with Crippen molar-refractivity contribution in [3.05, 3.63) is 42.5 Å². The zero-order valence-corrected chi connectivity index (χ0v) is 11.9. The van der Waals surface area contributed by atoms with Crippen LogP contribution >= 0.6 is 0 Å². The summed E-state index contributed by atoms with van der Waals surface area (Å²) in [5.41, 5.74) is 0.729. The molecule has 0 unspecified atom stereocenters. The highest BCUT2D eigenvalue weighted by atomic mass is 32.2. The van der Waals surface area contributed by atoms with E-state index < -0.39 is 15.6 Å². The third-order valence-electron chi connectivity index (χ3n) is 2.76. The maximum atomic E-state index is 12.2. The van der Waals surface area contributed by atoms with Gasteiger partial charge in [0.15, 0.2) is 5.82 Å². The van der Waals surface area contributed by atoms with Gasteiger partial charge in [0.25, 0.3) is 5.89 Å². The minimum Gasteiger partial charge on any atom is -0.334 e. The molecule has 3 rings (SSSR count). The standard InChI is InChI=1S/C12H11N5O3S/c1-17-12(13-8-14-17)21(18,19)7-10-15-11(20-16-10)9-5-3-2-4-6-9/h2-6,8H,7H2,1H3.